The third-order valence-corrected chi connectivity index (χ3v) is 4.08. The van der Waals surface area contributed by atoms with E-state index in [0.717, 1.165) is 16.2 Å². The van der Waals surface area contributed by atoms with Crippen LogP contribution in [-0.4, -0.2) is 17.0 Å². The van der Waals surface area contributed by atoms with Gasteiger partial charge >= 0.3 is 5.97 Å². The maximum atomic E-state index is 12.3. The Kier molecular flexibility index (Phi) is 4.80. The second kappa shape index (κ2) is 6.58. The third-order valence-electron chi connectivity index (χ3n) is 3.09. The van der Waals surface area contributed by atoms with Crippen molar-refractivity contribution in [1.82, 2.24) is 5.32 Å². The van der Waals surface area contributed by atoms with E-state index in [9.17, 15) is 9.59 Å². The number of carbonyl (C=O) groups excluding carboxylic acids is 1. The number of carboxylic acids is 1. The van der Waals surface area contributed by atoms with Crippen LogP contribution in [0.5, 0.6) is 0 Å². The monoisotopic (exact) mass is 307 g/mol. The highest BCUT2D eigenvalue weighted by Crippen LogP contribution is 2.23. The quantitative estimate of drug-likeness (QED) is 0.859. The molecule has 2 aromatic heterocycles. The van der Waals surface area contributed by atoms with Gasteiger partial charge in [0.05, 0.1) is 12.5 Å². The Morgan fingerprint density at radius 3 is 2.76 bits per heavy atom. The average molecular weight is 307 g/mol. The highest BCUT2D eigenvalue weighted by atomic mass is 32.1. The topological polar surface area (TPSA) is 79.5 Å². The molecule has 1 atom stereocenters. The summed E-state index contributed by atoms with van der Waals surface area (Å²) in [7, 11) is 0. The van der Waals surface area contributed by atoms with E-state index < -0.39 is 12.0 Å². The first kappa shape index (κ1) is 15.3. The van der Waals surface area contributed by atoms with Crippen molar-refractivity contribution >= 4 is 23.2 Å². The Morgan fingerprint density at radius 2 is 2.24 bits per heavy atom. The first-order chi connectivity index (χ1) is 10.0. The van der Waals surface area contributed by atoms with Crippen molar-refractivity contribution in [2.75, 3.05) is 0 Å². The zero-order chi connectivity index (χ0) is 15.4. The van der Waals surface area contributed by atoms with Crippen molar-refractivity contribution < 1.29 is 19.1 Å². The Bertz CT molecular complexity index is 630. The van der Waals surface area contributed by atoms with Crippen LogP contribution in [0.1, 0.15) is 46.1 Å². The molecule has 2 rings (SSSR count). The molecule has 5 nitrogen and oxygen atoms in total. The number of furan rings is 1. The predicted octanol–water partition coefficient (Wildman–Crippen LogP) is 3.16. The lowest BCUT2D eigenvalue weighted by molar-refractivity contribution is -0.137. The number of hydrogen-bond acceptors (Lipinski definition) is 4. The second-order valence-corrected chi connectivity index (χ2v) is 5.70. The number of carbonyl (C=O) groups is 2. The van der Waals surface area contributed by atoms with Gasteiger partial charge in [0.1, 0.15) is 5.76 Å². The molecule has 0 aromatic carbocycles. The Balaban J connectivity index is 2.17. The van der Waals surface area contributed by atoms with Gasteiger partial charge in [-0.2, -0.15) is 0 Å². The Hall–Kier alpha value is -2.08. The smallest absolute Gasteiger partial charge is 0.305 e. The van der Waals surface area contributed by atoms with E-state index >= 15 is 0 Å². The van der Waals surface area contributed by atoms with Gasteiger partial charge in [-0.05, 0) is 24.4 Å². The minimum atomic E-state index is -0.959. The fourth-order valence-electron chi connectivity index (χ4n) is 2.06. The zero-order valence-corrected chi connectivity index (χ0v) is 12.7. The van der Waals surface area contributed by atoms with Crippen LogP contribution in [0.4, 0.5) is 0 Å². The van der Waals surface area contributed by atoms with Gasteiger partial charge < -0.3 is 14.8 Å². The van der Waals surface area contributed by atoms with Gasteiger partial charge in [0.15, 0.2) is 5.76 Å². The van der Waals surface area contributed by atoms with Crippen LogP contribution in [0.25, 0.3) is 0 Å². The summed E-state index contributed by atoms with van der Waals surface area (Å²) >= 11 is 1.42. The molecule has 112 valence electrons. The van der Waals surface area contributed by atoms with E-state index in [1.165, 1.54) is 11.3 Å². The molecule has 0 saturated carbocycles. The predicted molar refractivity (Wildman–Crippen MR) is 79.6 cm³/mol. The number of aryl methyl sites for hydroxylation is 2. The zero-order valence-electron chi connectivity index (χ0n) is 11.9. The summed E-state index contributed by atoms with van der Waals surface area (Å²) in [5.41, 5.74) is 0.754. The molecule has 0 saturated heterocycles. The molecule has 2 heterocycles. The van der Waals surface area contributed by atoms with Gasteiger partial charge in [-0.3, -0.25) is 9.59 Å². The fraction of sp³-hybridized carbons (Fsp3) is 0.333. The molecule has 0 radical (unpaired) electrons. The Morgan fingerprint density at radius 1 is 1.48 bits per heavy atom. The maximum absolute atomic E-state index is 12.3. The number of aliphatic carboxylic acids is 1. The van der Waals surface area contributed by atoms with E-state index in [1.807, 2.05) is 30.5 Å². The number of nitrogens with one attached hydrogen (secondary N) is 1. The first-order valence-corrected chi connectivity index (χ1v) is 7.54. The minimum absolute atomic E-state index is 0.160. The van der Waals surface area contributed by atoms with Gasteiger partial charge in [-0.25, -0.2) is 0 Å². The normalized spacial score (nSPS) is 12.1. The Labute approximate surface area is 126 Å². The molecule has 21 heavy (non-hydrogen) atoms. The summed E-state index contributed by atoms with van der Waals surface area (Å²) in [6.45, 7) is 3.74. The van der Waals surface area contributed by atoms with Crippen molar-refractivity contribution in [1.29, 1.82) is 0 Å². The molecule has 0 aliphatic heterocycles. The van der Waals surface area contributed by atoms with Crippen molar-refractivity contribution in [2.45, 2.75) is 32.7 Å². The average Bonchev–Trinajstić information content (AvgIpc) is 3.06. The van der Waals surface area contributed by atoms with Gasteiger partial charge in [0, 0.05) is 16.9 Å². The lowest BCUT2D eigenvalue weighted by atomic mass is 10.1. The van der Waals surface area contributed by atoms with Gasteiger partial charge in [-0.15, -0.1) is 11.3 Å². The molecule has 0 fully saturated rings. The molecule has 0 aliphatic carbocycles. The standard InChI is InChI=1S/C15H17NO4S/c1-3-10-7-9(2)14(20-10)15(19)16-11(8-13(17)18)12-5-4-6-21-12/h4-7,11H,3,8H2,1-2H3,(H,16,19)(H,17,18)/t11-/m0/s1. The van der Waals surface area contributed by atoms with Crippen LogP contribution < -0.4 is 5.32 Å². The third kappa shape index (κ3) is 3.72. The first-order valence-electron chi connectivity index (χ1n) is 6.66. The largest absolute Gasteiger partial charge is 0.481 e. The number of thiophene rings is 1. The molecule has 6 heteroatoms. The van der Waals surface area contributed by atoms with Crippen LogP contribution in [0.15, 0.2) is 28.0 Å². The number of hydrogen-bond donors (Lipinski definition) is 2. The van der Waals surface area contributed by atoms with Crippen LogP contribution in [0.2, 0.25) is 0 Å². The number of amides is 1. The van der Waals surface area contributed by atoms with Crippen molar-refractivity contribution in [3.8, 4) is 0 Å². The van der Waals surface area contributed by atoms with E-state index in [4.69, 9.17) is 9.52 Å². The molecule has 0 unspecified atom stereocenters. The summed E-state index contributed by atoms with van der Waals surface area (Å²) < 4.78 is 5.49. The molecular weight excluding hydrogens is 290 g/mol. The SMILES string of the molecule is CCc1cc(C)c(C(=O)N[C@@H](CC(=O)O)c2cccs2)o1. The molecule has 0 aliphatic rings. The van der Waals surface area contributed by atoms with Crippen molar-refractivity contribution in [2.24, 2.45) is 0 Å². The molecule has 0 bridgehead atoms. The maximum Gasteiger partial charge on any atom is 0.305 e. The second-order valence-electron chi connectivity index (χ2n) is 4.72. The van der Waals surface area contributed by atoms with Gasteiger partial charge in [-0.1, -0.05) is 13.0 Å². The van der Waals surface area contributed by atoms with Crippen LogP contribution in [0, 0.1) is 6.92 Å². The van der Waals surface area contributed by atoms with Gasteiger partial charge in [0.2, 0.25) is 0 Å². The molecule has 1 amide bonds. The highest BCUT2D eigenvalue weighted by molar-refractivity contribution is 7.10. The summed E-state index contributed by atoms with van der Waals surface area (Å²) in [4.78, 5) is 24.1. The van der Waals surface area contributed by atoms with E-state index in [2.05, 4.69) is 5.32 Å². The van der Waals surface area contributed by atoms with E-state index in [1.54, 1.807) is 6.92 Å². The lowest BCUT2D eigenvalue weighted by Gasteiger charge is -2.14. The van der Waals surface area contributed by atoms with E-state index in [-0.39, 0.29) is 18.1 Å². The summed E-state index contributed by atoms with van der Waals surface area (Å²) in [6, 6.07) is 4.91. The fourth-order valence-corrected chi connectivity index (χ4v) is 2.84. The lowest BCUT2D eigenvalue weighted by Crippen LogP contribution is -2.29. The van der Waals surface area contributed by atoms with Gasteiger partial charge in [0.25, 0.3) is 5.91 Å². The molecule has 2 N–H and O–H groups in total. The summed E-state index contributed by atoms with van der Waals surface area (Å²) in [5, 5.41) is 13.6. The van der Waals surface area contributed by atoms with Crippen LogP contribution in [-0.2, 0) is 11.2 Å². The molecule has 2 aromatic rings. The van der Waals surface area contributed by atoms with Crippen molar-refractivity contribution in [3.05, 3.63) is 45.5 Å². The summed E-state index contributed by atoms with van der Waals surface area (Å²) in [5.74, 6) is -0.353. The number of rotatable bonds is 6. The highest BCUT2D eigenvalue weighted by Gasteiger charge is 2.22. The number of carboxylic acid groups (broad SMARTS) is 1. The van der Waals surface area contributed by atoms with Crippen molar-refractivity contribution in [3.63, 3.8) is 0 Å². The van der Waals surface area contributed by atoms with Crippen LogP contribution in [0.3, 0.4) is 0 Å². The summed E-state index contributed by atoms with van der Waals surface area (Å²) in [6.07, 6.45) is 0.546. The molecule has 0 spiro atoms. The van der Waals surface area contributed by atoms with E-state index in [0.29, 0.717) is 6.42 Å². The van der Waals surface area contributed by atoms with Crippen LogP contribution >= 0.6 is 11.3 Å². The molecular formula is C15H17NO4S. The minimum Gasteiger partial charge on any atom is -0.481 e.